The van der Waals surface area contributed by atoms with Gasteiger partial charge in [0.25, 0.3) is 0 Å². The van der Waals surface area contributed by atoms with Crippen LogP contribution in [0.2, 0.25) is 0 Å². The first-order chi connectivity index (χ1) is 13.3. The highest BCUT2D eigenvalue weighted by atomic mass is 16.6. The molecule has 0 aliphatic heterocycles. The molecule has 0 saturated heterocycles. The van der Waals surface area contributed by atoms with Gasteiger partial charge in [-0.25, -0.2) is 4.79 Å². The van der Waals surface area contributed by atoms with E-state index in [4.69, 9.17) is 9.72 Å². The molecule has 1 N–H and O–H groups in total. The van der Waals surface area contributed by atoms with E-state index in [0.717, 1.165) is 22.2 Å². The zero-order chi connectivity index (χ0) is 22.0. The molecule has 2 rings (SSSR count). The summed E-state index contributed by atoms with van der Waals surface area (Å²) in [5.41, 5.74) is 0.881. The summed E-state index contributed by atoms with van der Waals surface area (Å²) < 4.78 is 5.43. The predicted molar refractivity (Wildman–Crippen MR) is 115 cm³/mol. The van der Waals surface area contributed by atoms with Crippen LogP contribution in [0.3, 0.4) is 0 Å². The highest BCUT2D eigenvalue weighted by Crippen LogP contribution is 2.24. The fraction of sp³-hybridized carbons (Fsp3) is 0.435. The SMILES string of the molecule is C[C@H](c1ccc2ccc(/C=C/C(C)(C)C(=O)O)cc2n1)N(C)C(=O)OC(C)(C)C. The second-order valence-electron chi connectivity index (χ2n) is 8.82. The molecule has 6 heteroatoms. The van der Waals surface area contributed by atoms with Gasteiger partial charge in [-0.15, -0.1) is 0 Å². The summed E-state index contributed by atoms with van der Waals surface area (Å²) in [7, 11) is 1.69. The quantitative estimate of drug-likeness (QED) is 0.740. The van der Waals surface area contributed by atoms with Crippen molar-refractivity contribution in [2.45, 2.75) is 53.2 Å². The Morgan fingerprint density at radius 1 is 1.14 bits per heavy atom. The van der Waals surface area contributed by atoms with Crippen molar-refractivity contribution in [3.63, 3.8) is 0 Å². The zero-order valence-corrected chi connectivity index (χ0v) is 18.2. The van der Waals surface area contributed by atoms with Crippen LogP contribution in [0.5, 0.6) is 0 Å². The van der Waals surface area contributed by atoms with Crippen LogP contribution in [0.25, 0.3) is 17.0 Å². The number of hydrogen-bond acceptors (Lipinski definition) is 4. The Morgan fingerprint density at radius 3 is 2.34 bits per heavy atom. The number of nitrogens with zero attached hydrogens (tertiary/aromatic N) is 2. The number of carbonyl (C=O) groups excluding carboxylic acids is 1. The topological polar surface area (TPSA) is 79.7 Å². The Labute approximate surface area is 172 Å². The molecule has 0 spiro atoms. The number of benzene rings is 1. The smallest absolute Gasteiger partial charge is 0.410 e. The Kier molecular flexibility index (Phi) is 6.36. The number of ether oxygens (including phenoxy) is 1. The molecule has 1 atom stereocenters. The van der Waals surface area contributed by atoms with Crippen LogP contribution in [0.4, 0.5) is 4.79 Å². The lowest BCUT2D eigenvalue weighted by molar-refractivity contribution is -0.144. The van der Waals surface area contributed by atoms with Gasteiger partial charge in [-0.1, -0.05) is 30.4 Å². The standard InChI is InChI=1S/C23H30N2O4/c1-15(25(7)21(28)29-22(2,3)4)18-11-10-17-9-8-16(14-19(17)24-18)12-13-23(5,6)20(26)27/h8-15H,1-7H3,(H,26,27)/b13-12+/t15-/m1/s1. The van der Waals surface area contributed by atoms with Crippen molar-refractivity contribution < 1.29 is 19.4 Å². The summed E-state index contributed by atoms with van der Waals surface area (Å²) in [5.74, 6) is -0.881. The number of pyridine rings is 1. The molecule has 0 fully saturated rings. The number of fused-ring (bicyclic) bond motifs is 1. The Morgan fingerprint density at radius 2 is 1.76 bits per heavy atom. The van der Waals surface area contributed by atoms with Gasteiger partial charge in [0.2, 0.25) is 0 Å². The number of carbonyl (C=O) groups is 2. The van der Waals surface area contributed by atoms with E-state index in [0.29, 0.717) is 0 Å². The lowest BCUT2D eigenvalue weighted by Crippen LogP contribution is -2.36. The molecule has 6 nitrogen and oxygen atoms in total. The van der Waals surface area contributed by atoms with Crippen molar-refractivity contribution in [3.8, 4) is 0 Å². The van der Waals surface area contributed by atoms with Crippen LogP contribution < -0.4 is 0 Å². The molecule has 0 aliphatic rings. The van der Waals surface area contributed by atoms with Gasteiger partial charge in [0.15, 0.2) is 0 Å². The van der Waals surface area contributed by atoms with Gasteiger partial charge >= 0.3 is 12.1 Å². The maximum Gasteiger partial charge on any atom is 0.410 e. The molecule has 0 unspecified atom stereocenters. The lowest BCUT2D eigenvalue weighted by Gasteiger charge is -2.28. The molecular formula is C23H30N2O4. The van der Waals surface area contributed by atoms with E-state index in [2.05, 4.69) is 0 Å². The van der Waals surface area contributed by atoms with Gasteiger partial charge in [0.05, 0.1) is 22.7 Å². The summed E-state index contributed by atoms with van der Waals surface area (Å²) in [6.07, 6.45) is 3.05. The van der Waals surface area contributed by atoms with Crippen molar-refractivity contribution in [3.05, 3.63) is 47.7 Å². The molecule has 0 bridgehead atoms. The number of rotatable bonds is 5. The number of carboxylic acid groups (broad SMARTS) is 1. The fourth-order valence-electron chi connectivity index (χ4n) is 2.55. The van der Waals surface area contributed by atoms with Crippen molar-refractivity contribution in [1.29, 1.82) is 0 Å². The summed E-state index contributed by atoms with van der Waals surface area (Å²) >= 11 is 0. The number of carboxylic acids is 1. The monoisotopic (exact) mass is 398 g/mol. The van der Waals surface area contributed by atoms with E-state index in [1.165, 1.54) is 4.90 Å². The van der Waals surface area contributed by atoms with Crippen molar-refractivity contribution in [2.75, 3.05) is 7.05 Å². The van der Waals surface area contributed by atoms with Gasteiger partial charge in [0, 0.05) is 12.4 Å². The molecule has 1 aromatic heterocycles. The van der Waals surface area contributed by atoms with Crippen LogP contribution in [0.1, 0.15) is 58.8 Å². The van der Waals surface area contributed by atoms with E-state index in [-0.39, 0.29) is 6.04 Å². The molecule has 0 radical (unpaired) electrons. The summed E-state index contributed by atoms with van der Waals surface area (Å²) in [5, 5.41) is 10.2. The fourth-order valence-corrected chi connectivity index (χ4v) is 2.55. The molecule has 156 valence electrons. The molecule has 0 aliphatic carbocycles. The average Bonchev–Trinajstić information content (AvgIpc) is 2.63. The minimum absolute atomic E-state index is 0.264. The number of amides is 1. The van der Waals surface area contributed by atoms with Gasteiger partial charge in [0.1, 0.15) is 5.60 Å². The average molecular weight is 399 g/mol. The Hall–Kier alpha value is -2.89. The predicted octanol–water partition coefficient (Wildman–Crippen LogP) is 5.29. The lowest BCUT2D eigenvalue weighted by atomic mass is 9.92. The summed E-state index contributed by atoms with van der Waals surface area (Å²) in [6.45, 7) is 10.7. The maximum atomic E-state index is 12.3. The molecular weight excluding hydrogens is 368 g/mol. The normalized spacial score (nSPS) is 13.5. The Bertz CT molecular complexity index is 942. The number of aliphatic carboxylic acids is 1. The second-order valence-corrected chi connectivity index (χ2v) is 8.82. The highest BCUT2D eigenvalue weighted by Gasteiger charge is 2.25. The Balaban J connectivity index is 2.29. The first kappa shape index (κ1) is 22.4. The third-order valence-corrected chi connectivity index (χ3v) is 4.67. The molecule has 1 amide bonds. The van der Waals surface area contributed by atoms with Gasteiger partial charge < -0.3 is 14.7 Å². The van der Waals surface area contributed by atoms with Gasteiger partial charge in [-0.3, -0.25) is 9.78 Å². The molecule has 1 heterocycles. The van der Waals surface area contributed by atoms with Crippen LogP contribution >= 0.6 is 0 Å². The summed E-state index contributed by atoms with van der Waals surface area (Å²) in [4.78, 5) is 29.9. The zero-order valence-electron chi connectivity index (χ0n) is 18.2. The first-order valence-corrected chi connectivity index (χ1v) is 9.59. The van der Waals surface area contributed by atoms with Crippen LogP contribution in [0.15, 0.2) is 36.4 Å². The highest BCUT2D eigenvalue weighted by molar-refractivity contribution is 5.82. The van der Waals surface area contributed by atoms with Crippen molar-refractivity contribution >= 4 is 29.0 Å². The molecule has 2 aromatic rings. The third-order valence-electron chi connectivity index (χ3n) is 4.67. The van der Waals surface area contributed by atoms with E-state index >= 15 is 0 Å². The van der Waals surface area contributed by atoms with Gasteiger partial charge in [-0.05, 0) is 59.2 Å². The van der Waals surface area contributed by atoms with E-state index in [1.807, 2.05) is 58.0 Å². The third kappa shape index (κ3) is 5.79. The van der Waals surface area contributed by atoms with E-state index in [9.17, 15) is 14.7 Å². The maximum absolute atomic E-state index is 12.3. The van der Waals surface area contributed by atoms with Crippen molar-refractivity contribution in [2.24, 2.45) is 5.41 Å². The van der Waals surface area contributed by atoms with Crippen molar-refractivity contribution in [1.82, 2.24) is 9.88 Å². The molecule has 1 aromatic carbocycles. The minimum atomic E-state index is -0.950. The van der Waals surface area contributed by atoms with Crippen LogP contribution in [0, 0.1) is 5.41 Å². The summed E-state index contributed by atoms with van der Waals surface area (Å²) in [6, 6.07) is 9.38. The van der Waals surface area contributed by atoms with Gasteiger partial charge in [-0.2, -0.15) is 0 Å². The van der Waals surface area contributed by atoms with E-state index in [1.54, 1.807) is 33.0 Å². The number of hydrogen-bond donors (Lipinski definition) is 1. The number of aromatic nitrogens is 1. The largest absolute Gasteiger partial charge is 0.481 e. The van der Waals surface area contributed by atoms with E-state index < -0.39 is 23.1 Å². The molecule has 29 heavy (non-hydrogen) atoms. The van der Waals surface area contributed by atoms with Crippen LogP contribution in [-0.4, -0.2) is 39.7 Å². The second kappa shape index (κ2) is 8.23. The first-order valence-electron chi connectivity index (χ1n) is 9.59. The molecule has 0 saturated carbocycles. The minimum Gasteiger partial charge on any atom is -0.481 e. The van der Waals surface area contributed by atoms with Crippen LogP contribution in [-0.2, 0) is 9.53 Å².